The zero-order valence-electron chi connectivity index (χ0n) is 9.12. The van der Waals surface area contributed by atoms with E-state index in [4.69, 9.17) is 0 Å². The van der Waals surface area contributed by atoms with Crippen LogP contribution in [0.2, 0.25) is 0 Å². The molecule has 0 bridgehead atoms. The van der Waals surface area contributed by atoms with Crippen molar-refractivity contribution in [1.29, 1.82) is 0 Å². The quantitative estimate of drug-likeness (QED) is 0.785. The minimum absolute atomic E-state index is 0.304. The van der Waals surface area contributed by atoms with E-state index in [1.807, 2.05) is 0 Å². The molecule has 1 aromatic carbocycles. The molecule has 0 radical (unpaired) electrons. The second-order valence-electron chi connectivity index (χ2n) is 3.47. The number of H-pyrrole nitrogens is 1. The average Bonchev–Trinajstić information content (AvgIpc) is 2.78. The fraction of sp³-hybridized carbons (Fsp3) is 0.100. The monoisotopic (exact) mass is 382 g/mol. The summed E-state index contributed by atoms with van der Waals surface area (Å²) >= 11 is 2.07. The van der Waals surface area contributed by atoms with Gasteiger partial charge in [0, 0.05) is 9.13 Å². The van der Waals surface area contributed by atoms with Crippen LogP contribution in [0.3, 0.4) is 0 Å². The number of hydrogen-bond acceptors (Lipinski definition) is 3. The van der Waals surface area contributed by atoms with Gasteiger partial charge in [0.2, 0.25) is 11.8 Å². The lowest BCUT2D eigenvalue weighted by Gasteiger charge is -2.01. The maximum atomic E-state index is 12.3. The second kappa shape index (κ2) is 5.15. The lowest BCUT2D eigenvalue weighted by Crippen LogP contribution is -2.13. The van der Waals surface area contributed by atoms with Gasteiger partial charge >= 0.3 is 6.18 Å². The Balaban J connectivity index is 2.11. The Morgan fingerprint density at radius 3 is 2.42 bits per heavy atom. The number of anilines is 1. The van der Waals surface area contributed by atoms with Gasteiger partial charge in [0.05, 0.1) is 0 Å². The van der Waals surface area contributed by atoms with Crippen molar-refractivity contribution in [1.82, 2.24) is 15.2 Å². The highest BCUT2D eigenvalue weighted by Crippen LogP contribution is 2.26. The van der Waals surface area contributed by atoms with Crippen molar-refractivity contribution >= 4 is 34.4 Å². The molecule has 2 N–H and O–H groups in total. The molecule has 1 amide bonds. The number of alkyl halides is 3. The summed E-state index contributed by atoms with van der Waals surface area (Å²) in [7, 11) is 0. The highest BCUT2D eigenvalue weighted by molar-refractivity contribution is 14.1. The number of halogens is 4. The van der Waals surface area contributed by atoms with Gasteiger partial charge in [0.25, 0.3) is 5.91 Å². The Morgan fingerprint density at radius 1 is 1.26 bits per heavy atom. The first-order chi connectivity index (χ1) is 8.86. The van der Waals surface area contributed by atoms with Crippen LogP contribution in [0.4, 0.5) is 19.1 Å². The third-order valence-corrected chi connectivity index (χ3v) is 2.80. The van der Waals surface area contributed by atoms with Crippen LogP contribution in [0.5, 0.6) is 0 Å². The number of carbonyl (C=O) groups is 1. The highest BCUT2D eigenvalue weighted by Gasteiger charge is 2.35. The molecule has 0 fully saturated rings. The van der Waals surface area contributed by atoms with E-state index in [0.29, 0.717) is 5.56 Å². The number of carbonyl (C=O) groups excluding carboxylic acids is 1. The third-order valence-electron chi connectivity index (χ3n) is 2.09. The molecule has 5 nitrogen and oxygen atoms in total. The molecule has 0 saturated carbocycles. The summed E-state index contributed by atoms with van der Waals surface area (Å²) in [5, 5.41) is 7.16. The van der Waals surface area contributed by atoms with Crippen LogP contribution in [-0.4, -0.2) is 21.1 Å². The summed E-state index contributed by atoms with van der Waals surface area (Å²) in [6, 6.07) is 6.51. The third kappa shape index (κ3) is 3.43. The van der Waals surface area contributed by atoms with Gasteiger partial charge in [-0.1, -0.05) is 0 Å². The summed E-state index contributed by atoms with van der Waals surface area (Å²) in [5.41, 5.74) is 0.304. The summed E-state index contributed by atoms with van der Waals surface area (Å²) in [6.07, 6.45) is -4.63. The maximum Gasteiger partial charge on any atom is 0.451 e. The van der Waals surface area contributed by atoms with E-state index >= 15 is 0 Å². The normalized spacial score (nSPS) is 11.4. The maximum absolute atomic E-state index is 12.3. The molecule has 100 valence electrons. The predicted octanol–water partition coefficient (Wildman–Crippen LogP) is 2.68. The SMILES string of the molecule is O=C(Nc1n[nH]c(C(F)(F)F)n1)c1ccc(I)cc1. The topological polar surface area (TPSA) is 70.7 Å². The summed E-state index contributed by atoms with van der Waals surface area (Å²) in [5.74, 6) is -2.26. The van der Waals surface area contributed by atoms with Gasteiger partial charge in [-0.05, 0) is 46.9 Å². The van der Waals surface area contributed by atoms with Crippen LogP contribution >= 0.6 is 22.6 Å². The fourth-order valence-corrected chi connectivity index (χ4v) is 1.58. The Labute approximate surface area is 118 Å². The number of benzene rings is 1. The van der Waals surface area contributed by atoms with Crippen LogP contribution in [0.1, 0.15) is 16.2 Å². The minimum Gasteiger partial charge on any atom is -0.289 e. The summed E-state index contributed by atoms with van der Waals surface area (Å²) < 4.78 is 37.7. The van der Waals surface area contributed by atoms with E-state index in [1.54, 1.807) is 29.4 Å². The zero-order chi connectivity index (χ0) is 14.0. The lowest BCUT2D eigenvalue weighted by atomic mass is 10.2. The molecular weight excluding hydrogens is 376 g/mol. The Kier molecular flexibility index (Phi) is 3.73. The molecule has 2 rings (SSSR count). The second-order valence-corrected chi connectivity index (χ2v) is 4.71. The van der Waals surface area contributed by atoms with Gasteiger partial charge < -0.3 is 0 Å². The van der Waals surface area contributed by atoms with Crippen molar-refractivity contribution in [3.8, 4) is 0 Å². The van der Waals surface area contributed by atoms with Gasteiger partial charge in [-0.25, -0.2) is 0 Å². The van der Waals surface area contributed by atoms with Crippen molar-refractivity contribution in [3.05, 3.63) is 39.2 Å². The van der Waals surface area contributed by atoms with Crippen molar-refractivity contribution in [3.63, 3.8) is 0 Å². The zero-order valence-corrected chi connectivity index (χ0v) is 11.3. The molecule has 0 aliphatic rings. The molecule has 0 aliphatic carbocycles. The first-order valence-electron chi connectivity index (χ1n) is 4.93. The molecule has 2 aromatic rings. The van der Waals surface area contributed by atoms with Crippen molar-refractivity contribution in [2.45, 2.75) is 6.18 Å². The van der Waals surface area contributed by atoms with E-state index in [0.717, 1.165) is 3.57 Å². The van der Waals surface area contributed by atoms with Gasteiger partial charge in [-0.2, -0.15) is 18.2 Å². The lowest BCUT2D eigenvalue weighted by molar-refractivity contribution is -0.144. The van der Waals surface area contributed by atoms with E-state index in [9.17, 15) is 18.0 Å². The first kappa shape index (κ1) is 13.8. The van der Waals surface area contributed by atoms with Crippen LogP contribution in [-0.2, 0) is 6.18 Å². The Hall–Kier alpha value is -1.65. The van der Waals surface area contributed by atoms with E-state index in [-0.39, 0.29) is 0 Å². The Morgan fingerprint density at radius 2 is 1.89 bits per heavy atom. The van der Waals surface area contributed by atoms with Gasteiger partial charge in [-0.3, -0.25) is 15.2 Å². The van der Waals surface area contributed by atoms with Gasteiger partial charge in [-0.15, -0.1) is 5.10 Å². The molecule has 0 aliphatic heterocycles. The van der Waals surface area contributed by atoms with E-state index in [2.05, 4.69) is 38.0 Å². The fourth-order valence-electron chi connectivity index (χ4n) is 1.22. The number of aromatic amines is 1. The van der Waals surface area contributed by atoms with Crippen molar-refractivity contribution < 1.29 is 18.0 Å². The number of hydrogen-bond donors (Lipinski definition) is 2. The average molecular weight is 382 g/mol. The number of aromatic nitrogens is 3. The molecule has 1 heterocycles. The van der Waals surface area contributed by atoms with Crippen molar-refractivity contribution in [2.75, 3.05) is 5.32 Å². The molecule has 0 unspecified atom stereocenters. The predicted molar refractivity (Wildman–Crippen MR) is 68.5 cm³/mol. The van der Waals surface area contributed by atoms with Crippen LogP contribution in [0, 0.1) is 3.57 Å². The molecule has 1 aromatic heterocycles. The molecular formula is C10H6F3IN4O. The first-order valence-corrected chi connectivity index (χ1v) is 6.00. The standard InChI is InChI=1S/C10H6F3IN4O/c11-10(12,13)8-16-9(18-17-8)15-7(19)5-1-3-6(14)4-2-5/h1-4H,(H2,15,16,17,18,19). The number of nitrogens with one attached hydrogen (secondary N) is 2. The molecule has 9 heteroatoms. The molecule has 0 spiro atoms. The van der Waals surface area contributed by atoms with Gasteiger partial charge in [0.1, 0.15) is 0 Å². The van der Waals surface area contributed by atoms with Crippen LogP contribution < -0.4 is 5.32 Å². The summed E-state index contributed by atoms with van der Waals surface area (Å²) in [4.78, 5) is 14.8. The number of nitrogens with zero attached hydrogens (tertiary/aromatic N) is 2. The smallest absolute Gasteiger partial charge is 0.289 e. The minimum atomic E-state index is -4.63. The largest absolute Gasteiger partial charge is 0.451 e. The molecule has 0 saturated heterocycles. The van der Waals surface area contributed by atoms with Crippen LogP contribution in [0.15, 0.2) is 24.3 Å². The molecule has 0 atom stereocenters. The highest BCUT2D eigenvalue weighted by atomic mass is 127. The van der Waals surface area contributed by atoms with Gasteiger partial charge in [0.15, 0.2) is 0 Å². The van der Waals surface area contributed by atoms with Crippen LogP contribution in [0.25, 0.3) is 0 Å². The van der Waals surface area contributed by atoms with Crippen molar-refractivity contribution in [2.24, 2.45) is 0 Å². The summed E-state index contributed by atoms with van der Waals surface area (Å²) in [6.45, 7) is 0. The molecule has 19 heavy (non-hydrogen) atoms. The number of rotatable bonds is 2. The Bertz CT molecular complexity index is 594. The number of amides is 1. The van der Waals surface area contributed by atoms with E-state index in [1.165, 1.54) is 0 Å². The van der Waals surface area contributed by atoms with E-state index < -0.39 is 23.9 Å².